The molecular formula is C23H35N5O3. The van der Waals surface area contributed by atoms with Crippen LogP contribution in [0.15, 0.2) is 12.1 Å². The fourth-order valence-electron chi connectivity index (χ4n) is 4.35. The quantitative estimate of drug-likeness (QED) is 0.695. The Balaban J connectivity index is 1.77. The molecule has 170 valence electrons. The van der Waals surface area contributed by atoms with Gasteiger partial charge >= 0.3 is 0 Å². The predicted octanol–water partition coefficient (Wildman–Crippen LogP) is 2.89. The molecule has 0 aliphatic carbocycles. The largest absolute Gasteiger partial charge is 0.496 e. The van der Waals surface area contributed by atoms with E-state index in [-0.39, 0.29) is 11.9 Å². The molecular weight excluding hydrogens is 394 g/mol. The Bertz CT molecular complexity index is 909. The number of methoxy groups -OCH3 is 2. The van der Waals surface area contributed by atoms with Gasteiger partial charge in [-0.2, -0.15) is 0 Å². The molecule has 31 heavy (non-hydrogen) atoms. The molecule has 0 spiro atoms. The molecule has 0 fully saturated rings. The van der Waals surface area contributed by atoms with Gasteiger partial charge in [0.15, 0.2) is 5.82 Å². The second kappa shape index (κ2) is 10.1. The molecule has 1 aliphatic rings. The second-order valence-electron chi connectivity index (χ2n) is 8.62. The molecule has 0 bridgehead atoms. The van der Waals surface area contributed by atoms with Gasteiger partial charge in [0.2, 0.25) is 5.91 Å². The molecule has 1 aromatic heterocycles. The summed E-state index contributed by atoms with van der Waals surface area (Å²) in [6.45, 7) is 11.2. The topological polar surface area (TPSA) is 81.5 Å². The van der Waals surface area contributed by atoms with Crippen molar-refractivity contribution in [3.05, 3.63) is 34.9 Å². The summed E-state index contributed by atoms with van der Waals surface area (Å²) in [6, 6.07) is 3.97. The SMILES string of the molecule is COc1ccc(CN2CCc3nnc([C@H](CC(C)C)NC(C)=O)n3CC2)c(OC)c1C. The van der Waals surface area contributed by atoms with Crippen LogP contribution in [0.2, 0.25) is 0 Å². The van der Waals surface area contributed by atoms with E-state index in [2.05, 4.69) is 44.9 Å². The summed E-state index contributed by atoms with van der Waals surface area (Å²) in [5.74, 6) is 3.96. The van der Waals surface area contributed by atoms with Crippen LogP contribution in [0.1, 0.15) is 56.0 Å². The smallest absolute Gasteiger partial charge is 0.217 e. The molecule has 2 heterocycles. The summed E-state index contributed by atoms with van der Waals surface area (Å²) in [6.07, 6.45) is 1.66. The number of fused-ring (bicyclic) bond motifs is 1. The molecule has 1 amide bonds. The van der Waals surface area contributed by atoms with Crippen molar-refractivity contribution in [3.63, 3.8) is 0 Å². The van der Waals surface area contributed by atoms with Crippen molar-refractivity contribution < 1.29 is 14.3 Å². The van der Waals surface area contributed by atoms with Gasteiger partial charge in [0.05, 0.1) is 20.3 Å². The Morgan fingerprint density at radius 2 is 1.94 bits per heavy atom. The third-order valence-corrected chi connectivity index (χ3v) is 5.80. The lowest BCUT2D eigenvalue weighted by molar-refractivity contribution is -0.119. The highest BCUT2D eigenvalue weighted by molar-refractivity contribution is 5.73. The van der Waals surface area contributed by atoms with Crippen molar-refractivity contribution in [2.24, 2.45) is 5.92 Å². The van der Waals surface area contributed by atoms with Gasteiger partial charge < -0.3 is 19.4 Å². The van der Waals surface area contributed by atoms with Gasteiger partial charge in [0.25, 0.3) is 0 Å². The average molecular weight is 430 g/mol. The Hall–Kier alpha value is -2.61. The summed E-state index contributed by atoms with van der Waals surface area (Å²) in [4.78, 5) is 14.2. The van der Waals surface area contributed by atoms with Crippen molar-refractivity contribution in [1.29, 1.82) is 0 Å². The maximum absolute atomic E-state index is 11.8. The molecule has 1 N–H and O–H groups in total. The molecule has 0 saturated carbocycles. The van der Waals surface area contributed by atoms with Gasteiger partial charge in [-0.3, -0.25) is 9.69 Å². The fraction of sp³-hybridized carbons (Fsp3) is 0.609. The van der Waals surface area contributed by atoms with Gasteiger partial charge in [0, 0.05) is 50.7 Å². The number of hydrogen-bond acceptors (Lipinski definition) is 6. The molecule has 1 atom stereocenters. The van der Waals surface area contributed by atoms with Crippen LogP contribution in [0.4, 0.5) is 0 Å². The van der Waals surface area contributed by atoms with Crippen molar-refractivity contribution in [1.82, 2.24) is 25.0 Å². The molecule has 2 aromatic rings. The zero-order chi connectivity index (χ0) is 22.5. The van der Waals surface area contributed by atoms with Crippen LogP contribution in [-0.4, -0.2) is 52.9 Å². The maximum atomic E-state index is 11.8. The Kier molecular flexibility index (Phi) is 7.54. The van der Waals surface area contributed by atoms with E-state index in [0.717, 1.165) is 73.3 Å². The normalized spacial score (nSPS) is 15.3. The Labute approximate surface area is 184 Å². The van der Waals surface area contributed by atoms with Crippen LogP contribution < -0.4 is 14.8 Å². The van der Waals surface area contributed by atoms with E-state index in [1.165, 1.54) is 0 Å². The van der Waals surface area contributed by atoms with E-state index in [4.69, 9.17) is 9.47 Å². The first kappa shape index (κ1) is 23.1. The third-order valence-electron chi connectivity index (χ3n) is 5.80. The number of hydrogen-bond donors (Lipinski definition) is 1. The molecule has 1 aromatic carbocycles. The number of aromatic nitrogens is 3. The number of nitrogens with one attached hydrogen (secondary N) is 1. The minimum atomic E-state index is -0.116. The zero-order valence-corrected chi connectivity index (χ0v) is 19.6. The van der Waals surface area contributed by atoms with Crippen LogP contribution in [-0.2, 0) is 24.3 Å². The van der Waals surface area contributed by atoms with Crippen LogP contribution in [0, 0.1) is 12.8 Å². The highest BCUT2D eigenvalue weighted by atomic mass is 16.5. The Morgan fingerprint density at radius 3 is 2.58 bits per heavy atom. The van der Waals surface area contributed by atoms with Crippen LogP contribution >= 0.6 is 0 Å². The van der Waals surface area contributed by atoms with E-state index in [0.29, 0.717) is 5.92 Å². The lowest BCUT2D eigenvalue weighted by atomic mass is 10.0. The number of carbonyl (C=O) groups excluding carboxylic acids is 1. The summed E-state index contributed by atoms with van der Waals surface area (Å²) >= 11 is 0. The maximum Gasteiger partial charge on any atom is 0.217 e. The highest BCUT2D eigenvalue weighted by Gasteiger charge is 2.26. The van der Waals surface area contributed by atoms with Crippen LogP contribution in [0.25, 0.3) is 0 Å². The van der Waals surface area contributed by atoms with Crippen LogP contribution in [0.5, 0.6) is 11.5 Å². The van der Waals surface area contributed by atoms with Crippen molar-refractivity contribution in [2.45, 2.75) is 59.7 Å². The lowest BCUT2D eigenvalue weighted by Crippen LogP contribution is -2.31. The van der Waals surface area contributed by atoms with Gasteiger partial charge in [-0.15, -0.1) is 10.2 Å². The monoisotopic (exact) mass is 429 g/mol. The summed E-state index contributed by atoms with van der Waals surface area (Å²) < 4.78 is 13.3. The minimum absolute atomic E-state index is 0.0415. The highest BCUT2D eigenvalue weighted by Crippen LogP contribution is 2.32. The van der Waals surface area contributed by atoms with E-state index >= 15 is 0 Å². The number of ether oxygens (including phenoxy) is 2. The van der Waals surface area contributed by atoms with E-state index in [1.54, 1.807) is 21.1 Å². The lowest BCUT2D eigenvalue weighted by Gasteiger charge is -2.23. The molecule has 0 saturated heterocycles. The minimum Gasteiger partial charge on any atom is -0.496 e. The number of amides is 1. The summed E-state index contributed by atoms with van der Waals surface area (Å²) in [5, 5.41) is 12.0. The predicted molar refractivity (Wildman–Crippen MR) is 119 cm³/mol. The third kappa shape index (κ3) is 5.36. The average Bonchev–Trinajstić information content (AvgIpc) is 3.01. The summed E-state index contributed by atoms with van der Waals surface area (Å²) in [7, 11) is 3.38. The first-order chi connectivity index (χ1) is 14.8. The first-order valence-electron chi connectivity index (χ1n) is 11.0. The van der Waals surface area contributed by atoms with E-state index in [1.807, 2.05) is 13.0 Å². The van der Waals surface area contributed by atoms with Crippen molar-refractivity contribution >= 4 is 5.91 Å². The second-order valence-corrected chi connectivity index (χ2v) is 8.62. The zero-order valence-electron chi connectivity index (χ0n) is 19.6. The molecule has 8 heteroatoms. The molecule has 1 aliphatic heterocycles. The number of benzene rings is 1. The molecule has 3 rings (SSSR count). The van der Waals surface area contributed by atoms with E-state index in [9.17, 15) is 4.79 Å². The Morgan fingerprint density at radius 1 is 1.16 bits per heavy atom. The number of carbonyl (C=O) groups is 1. The van der Waals surface area contributed by atoms with Crippen LogP contribution in [0.3, 0.4) is 0 Å². The van der Waals surface area contributed by atoms with Gasteiger partial charge in [-0.05, 0) is 25.3 Å². The summed E-state index contributed by atoms with van der Waals surface area (Å²) in [5.41, 5.74) is 2.16. The van der Waals surface area contributed by atoms with E-state index < -0.39 is 0 Å². The van der Waals surface area contributed by atoms with Gasteiger partial charge in [-0.1, -0.05) is 19.9 Å². The van der Waals surface area contributed by atoms with Crippen molar-refractivity contribution in [2.75, 3.05) is 27.3 Å². The fourth-order valence-corrected chi connectivity index (χ4v) is 4.35. The number of nitrogens with zero attached hydrogens (tertiary/aromatic N) is 4. The standard InChI is InChI=1S/C23H35N5O3/c1-15(2)13-19(24-17(4)29)23-26-25-21-9-10-27(11-12-28(21)23)14-18-7-8-20(30-5)16(3)22(18)31-6/h7-8,15,19H,9-14H2,1-6H3,(H,24,29)/t19-/m0/s1. The number of rotatable bonds is 8. The van der Waals surface area contributed by atoms with Gasteiger partial charge in [-0.25, -0.2) is 0 Å². The van der Waals surface area contributed by atoms with Gasteiger partial charge in [0.1, 0.15) is 17.3 Å². The van der Waals surface area contributed by atoms with Crippen molar-refractivity contribution in [3.8, 4) is 11.5 Å². The first-order valence-corrected chi connectivity index (χ1v) is 11.0. The molecule has 0 radical (unpaired) electrons. The molecule has 0 unspecified atom stereocenters. The molecule has 8 nitrogen and oxygen atoms in total.